The first kappa shape index (κ1) is 40.5. The third-order valence-corrected chi connectivity index (χ3v) is 12.6. The third-order valence-electron chi connectivity index (χ3n) is 7.98. The van der Waals surface area contributed by atoms with Gasteiger partial charge in [0.05, 0.1) is 32.3 Å². The van der Waals surface area contributed by atoms with Crippen LogP contribution in [0.5, 0.6) is 17.2 Å². The van der Waals surface area contributed by atoms with Crippen molar-refractivity contribution in [1.82, 2.24) is 0 Å². The molecule has 47 heavy (non-hydrogen) atoms. The molecule has 3 aromatic carbocycles. The summed E-state index contributed by atoms with van der Waals surface area (Å²) in [5, 5.41) is -2.03. The van der Waals surface area contributed by atoms with Crippen molar-refractivity contribution in [2.75, 3.05) is 0 Å². The van der Waals surface area contributed by atoms with Gasteiger partial charge in [-0.05, 0) is 91.6 Å². The highest BCUT2D eigenvalue weighted by molar-refractivity contribution is 7.49. The maximum atomic E-state index is 15.1. The highest BCUT2D eigenvalue weighted by Crippen LogP contribution is 2.55. The number of benzene rings is 3. The molecule has 11 heteroatoms. The van der Waals surface area contributed by atoms with Gasteiger partial charge < -0.3 is 13.6 Å². The first-order valence-corrected chi connectivity index (χ1v) is 20.4. The topological polar surface area (TPSA) is 44.8 Å². The molecule has 6 atom stereocenters. The Balaban J connectivity index is 2.23. The summed E-state index contributed by atoms with van der Waals surface area (Å²) in [5.74, 6) is 0.763. The first-order chi connectivity index (χ1) is 22.3. The van der Waals surface area contributed by atoms with E-state index >= 15 is 4.57 Å². The van der Waals surface area contributed by atoms with Crippen LogP contribution in [0.15, 0.2) is 54.6 Å². The molecule has 0 N–H and O–H groups in total. The summed E-state index contributed by atoms with van der Waals surface area (Å²) >= 11 is 40.2. The molecule has 0 aliphatic carbocycles. The van der Waals surface area contributed by atoms with Crippen LogP contribution < -0.4 is 13.6 Å². The van der Waals surface area contributed by atoms with Gasteiger partial charge in [-0.25, -0.2) is 0 Å². The lowest BCUT2D eigenvalue weighted by atomic mass is 10.0. The fourth-order valence-corrected chi connectivity index (χ4v) is 7.31. The van der Waals surface area contributed by atoms with Crippen LogP contribution in [0, 0.1) is 0 Å². The number of alkyl halides is 6. The Bertz CT molecular complexity index is 1330. The molecule has 0 aliphatic rings. The zero-order valence-electron chi connectivity index (χ0n) is 27.8. The number of rotatable bonds is 18. The molecule has 3 rings (SSSR count). The van der Waals surface area contributed by atoms with Crippen molar-refractivity contribution in [3.05, 3.63) is 88.0 Å². The normalized spacial score (nSPS) is 16.8. The van der Waals surface area contributed by atoms with Crippen LogP contribution in [0.2, 0.25) is 0 Å². The van der Waals surface area contributed by atoms with Crippen LogP contribution in [-0.4, -0.2) is 0 Å². The molecule has 3 aromatic rings. The summed E-state index contributed by atoms with van der Waals surface area (Å²) in [4.78, 5) is 0. The van der Waals surface area contributed by atoms with Crippen molar-refractivity contribution >= 4 is 77.4 Å². The summed E-state index contributed by atoms with van der Waals surface area (Å²) in [7, 11) is -4.53. The van der Waals surface area contributed by atoms with Gasteiger partial charge in [0, 0.05) is 16.7 Å². The second-order valence-electron chi connectivity index (χ2n) is 11.4. The maximum Gasteiger partial charge on any atom is 0.647 e. The van der Waals surface area contributed by atoms with Gasteiger partial charge in [0.15, 0.2) is 0 Å². The predicted octanol–water partition coefficient (Wildman–Crippen LogP) is 15.5. The van der Waals surface area contributed by atoms with E-state index in [1.807, 2.05) is 77.9 Å². The van der Waals surface area contributed by atoms with E-state index in [1.165, 1.54) is 0 Å². The summed E-state index contributed by atoms with van der Waals surface area (Å²) in [6.45, 7) is 11.9. The average molecular weight is 785 g/mol. The van der Waals surface area contributed by atoms with Crippen LogP contribution >= 0.6 is 77.4 Å². The fourth-order valence-electron chi connectivity index (χ4n) is 5.05. The molecule has 0 aromatic heterocycles. The lowest BCUT2D eigenvalue weighted by Gasteiger charge is -2.26. The van der Waals surface area contributed by atoms with Gasteiger partial charge in [0.2, 0.25) is 0 Å². The number of hydrogen-bond donors (Lipinski definition) is 0. The minimum absolute atomic E-state index is 0.225. The molecule has 0 bridgehead atoms. The first-order valence-electron chi connectivity index (χ1n) is 16.3. The number of phosphoric acid groups is 1. The molecular weight excluding hydrogens is 740 g/mol. The minimum atomic E-state index is -4.53. The highest BCUT2D eigenvalue weighted by Gasteiger charge is 2.37. The van der Waals surface area contributed by atoms with Gasteiger partial charge in [-0.15, -0.1) is 69.6 Å². The molecule has 0 saturated heterocycles. The van der Waals surface area contributed by atoms with Gasteiger partial charge in [-0.2, -0.15) is 4.57 Å². The zero-order valence-corrected chi connectivity index (χ0v) is 33.2. The van der Waals surface area contributed by atoms with E-state index in [0.29, 0.717) is 36.0 Å². The Labute approximate surface area is 311 Å². The van der Waals surface area contributed by atoms with E-state index < -0.39 is 24.0 Å². The number of phosphoric ester groups is 1. The summed E-state index contributed by atoms with van der Waals surface area (Å²) in [6, 6.07) is 16.3. The largest absolute Gasteiger partial charge is 0.647 e. The molecular formula is C36H45Cl6O4P. The Hall–Kier alpha value is -0.970. The maximum absolute atomic E-state index is 15.1. The van der Waals surface area contributed by atoms with Crippen LogP contribution in [0.3, 0.4) is 0 Å². The zero-order chi connectivity index (χ0) is 34.9. The van der Waals surface area contributed by atoms with Crippen molar-refractivity contribution in [1.29, 1.82) is 0 Å². The minimum Gasteiger partial charge on any atom is -0.386 e. The van der Waals surface area contributed by atoms with Crippen molar-refractivity contribution in [2.45, 2.75) is 112 Å². The quantitative estimate of drug-likeness (QED) is 0.0952. The van der Waals surface area contributed by atoms with Crippen molar-refractivity contribution < 1.29 is 18.1 Å². The molecule has 260 valence electrons. The van der Waals surface area contributed by atoms with Crippen LogP contribution in [0.25, 0.3) is 0 Å². The van der Waals surface area contributed by atoms with Crippen LogP contribution in [0.4, 0.5) is 0 Å². The van der Waals surface area contributed by atoms with Gasteiger partial charge in [0.1, 0.15) is 17.2 Å². The Morgan fingerprint density at radius 3 is 0.894 bits per heavy atom. The predicted molar refractivity (Wildman–Crippen MR) is 202 cm³/mol. The summed E-state index contributed by atoms with van der Waals surface area (Å²) in [6.07, 6.45) is 3.93. The summed E-state index contributed by atoms with van der Waals surface area (Å²) < 4.78 is 34.0. The molecule has 4 nitrogen and oxygen atoms in total. The highest BCUT2D eigenvalue weighted by atomic mass is 35.5. The van der Waals surface area contributed by atoms with Gasteiger partial charge in [0.25, 0.3) is 0 Å². The van der Waals surface area contributed by atoms with Gasteiger partial charge in [-0.3, -0.25) is 0 Å². The van der Waals surface area contributed by atoms with E-state index in [4.69, 9.17) is 83.2 Å². The Kier molecular flexibility index (Phi) is 16.2. The smallest absolute Gasteiger partial charge is 0.386 e. The Morgan fingerprint density at radius 2 is 0.681 bits per heavy atom. The van der Waals surface area contributed by atoms with E-state index in [-0.39, 0.29) is 33.4 Å². The van der Waals surface area contributed by atoms with Crippen LogP contribution in [-0.2, 0) is 4.57 Å². The number of hydrogen-bond acceptors (Lipinski definition) is 4. The fraction of sp³-hybridized carbons (Fsp3) is 0.500. The molecule has 0 fully saturated rings. The second-order valence-corrected chi connectivity index (χ2v) is 16.0. The molecule has 0 aliphatic heterocycles. The second kappa shape index (κ2) is 18.9. The monoisotopic (exact) mass is 782 g/mol. The standard InChI is InChI=1S/C36H45Cl6O4P/c1-7-28(37)22-13-16-34(25(19-22)31(40)10-4)44-47(43,45-35-17-14-23(29(38)8-2)20-26(35)32(41)11-5)46-36-18-15-24(30(39)9-3)21-27(36)33(42)12-6/h13-21,28-33H,7-12H2,1-6H3. The van der Waals surface area contributed by atoms with E-state index in [2.05, 4.69) is 0 Å². The number of halogens is 6. The van der Waals surface area contributed by atoms with E-state index in [0.717, 1.165) is 36.0 Å². The van der Waals surface area contributed by atoms with Crippen LogP contribution in [0.1, 0.15) is 146 Å². The van der Waals surface area contributed by atoms with Crippen molar-refractivity contribution in [2.24, 2.45) is 0 Å². The van der Waals surface area contributed by atoms with Gasteiger partial charge in [-0.1, -0.05) is 59.7 Å². The molecule has 6 unspecified atom stereocenters. The molecule has 0 amide bonds. The van der Waals surface area contributed by atoms with E-state index in [9.17, 15) is 0 Å². The Morgan fingerprint density at radius 1 is 0.447 bits per heavy atom. The molecule has 0 spiro atoms. The third kappa shape index (κ3) is 10.5. The lowest BCUT2D eigenvalue weighted by Crippen LogP contribution is -2.12. The van der Waals surface area contributed by atoms with Crippen molar-refractivity contribution in [3.8, 4) is 17.2 Å². The molecule has 0 saturated carbocycles. The molecule has 0 heterocycles. The SMILES string of the molecule is CCC(Cl)c1ccc(OP(=O)(Oc2ccc(C(Cl)CC)cc2C(Cl)CC)Oc2ccc(C(Cl)CC)cc2C(Cl)CC)c(C(Cl)CC)c1. The summed E-state index contributed by atoms with van der Waals surface area (Å²) in [5.41, 5.74) is 4.50. The lowest BCUT2D eigenvalue weighted by molar-refractivity contribution is 0.295. The molecule has 0 radical (unpaired) electrons. The van der Waals surface area contributed by atoms with Crippen molar-refractivity contribution in [3.63, 3.8) is 0 Å². The van der Waals surface area contributed by atoms with Gasteiger partial charge >= 0.3 is 7.82 Å². The van der Waals surface area contributed by atoms with E-state index in [1.54, 1.807) is 18.2 Å². The average Bonchev–Trinajstić information content (AvgIpc) is 3.09.